The molecule has 0 amide bonds. The van der Waals surface area contributed by atoms with Crippen LogP contribution in [0, 0.1) is 0 Å². The van der Waals surface area contributed by atoms with Gasteiger partial charge in [-0.3, -0.25) is 0 Å². The third-order valence-corrected chi connectivity index (χ3v) is 4.00. The van der Waals surface area contributed by atoms with Gasteiger partial charge in [0, 0.05) is 0 Å². The van der Waals surface area contributed by atoms with E-state index in [1.165, 1.54) is 5.56 Å². The van der Waals surface area contributed by atoms with Crippen molar-refractivity contribution in [1.29, 1.82) is 0 Å². The van der Waals surface area contributed by atoms with E-state index in [9.17, 15) is 0 Å². The summed E-state index contributed by atoms with van der Waals surface area (Å²) in [7, 11) is -1.38. The molecule has 0 bridgehead atoms. The molecule has 1 aromatic carbocycles. The highest BCUT2D eigenvalue weighted by Crippen LogP contribution is 2.21. The molecular formula is C10H13Cl2Si. The van der Waals surface area contributed by atoms with Gasteiger partial charge in [0.05, 0.1) is 0 Å². The third kappa shape index (κ3) is 2.73. The molecule has 0 N–H and O–H groups in total. The zero-order valence-electron chi connectivity index (χ0n) is 8.07. The molecule has 1 aromatic rings. The Morgan fingerprint density at radius 1 is 1.08 bits per heavy atom. The van der Waals surface area contributed by atoms with E-state index < -0.39 is 7.42 Å². The Morgan fingerprint density at radius 2 is 1.62 bits per heavy atom. The first-order valence-electron chi connectivity index (χ1n) is 4.21. The van der Waals surface area contributed by atoms with Crippen LogP contribution in [0.1, 0.15) is 26.3 Å². The minimum absolute atomic E-state index is 0.121. The Bertz CT molecular complexity index is 289. The maximum atomic E-state index is 5.98. The molecule has 0 heterocycles. The van der Waals surface area contributed by atoms with Crippen LogP contribution in [0.25, 0.3) is 0 Å². The maximum Gasteiger partial charge on any atom is 0.307 e. The van der Waals surface area contributed by atoms with Crippen LogP contribution in [0.5, 0.6) is 0 Å². The Hall–Kier alpha value is 0.0169. The van der Waals surface area contributed by atoms with Crippen LogP contribution in [0.15, 0.2) is 24.3 Å². The van der Waals surface area contributed by atoms with E-state index in [2.05, 4.69) is 26.8 Å². The lowest BCUT2D eigenvalue weighted by Crippen LogP contribution is -2.29. The SMILES string of the molecule is CC(C)(C)c1ccccc1[Si](Cl)Cl. The molecule has 0 fully saturated rings. The monoisotopic (exact) mass is 231 g/mol. The summed E-state index contributed by atoms with van der Waals surface area (Å²) in [6.45, 7) is 6.51. The van der Waals surface area contributed by atoms with Crippen molar-refractivity contribution >= 4 is 34.8 Å². The zero-order valence-corrected chi connectivity index (χ0v) is 10.6. The molecular weight excluding hydrogens is 219 g/mol. The van der Waals surface area contributed by atoms with Crippen molar-refractivity contribution in [3.8, 4) is 0 Å². The second-order valence-corrected chi connectivity index (χ2v) is 7.96. The average molecular weight is 232 g/mol. The summed E-state index contributed by atoms with van der Waals surface area (Å²) in [5.74, 6) is 0. The zero-order chi connectivity index (χ0) is 10.1. The molecule has 0 nitrogen and oxygen atoms in total. The molecule has 13 heavy (non-hydrogen) atoms. The fraction of sp³-hybridized carbons (Fsp3) is 0.400. The normalized spacial score (nSPS) is 12.2. The van der Waals surface area contributed by atoms with Crippen LogP contribution < -0.4 is 5.19 Å². The molecule has 0 aliphatic rings. The average Bonchev–Trinajstić information content (AvgIpc) is 2.03. The van der Waals surface area contributed by atoms with Crippen molar-refractivity contribution in [2.75, 3.05) is 0 Å². The van der Waals surface area contributed by atoms with E-state index in [0.29, 0.717) is 0 Å². The molecule has 0 spiro atoms. The fourth-order valence-corrected chi connectivity index (χ4v) is 3.17. The molecule has 0 atom stereocenters. The van der Waals surface area contributed by atoms with Crippen molar-refractivity contribution in [3.05, 3.63) is 29.8 Å². The van der Waals surface area contributed by atoms with E-state index >= 15 is 0 Å². The minimum Gasteiger partial charge on any atom is -0.140 e. The van der Waals surface area contributed by atoms with Gasteiger partial charge in [0.25, 0.3) is 0 Å². The van der Waals surface area contributed by atoms with Crippen LogP contribution in [0.3, 0.4) is 0 Å². The Kier molecular flexibility index (Phi) is 3.44. The topological polar surface area (TPSA) is 0 Å². The van der Waals surface area contributed by atoms with Gasteiger partial charge in [-0.25, -0.2) is 0 Å². The third-order valence-electron chi connectivity index (χ3n) is 1.94. The first-order chi connectivity index (χ1) is 5.93. The number of halogens is 2. The van der Waals surface area contributed by atoms with Crippen molar-refractivity contribution < 1.29 is 0 Å². The number of benzene rings is 1. The first kappa shape index (κ1) is 11.1. The molecule has 0 saturated heterocycles. The van der Waals surface area contributed by atoms with Crippen LogP contribution >= 0.6 is 22.2 Å². The molecule has 0 saturated carbocycles. The smallest absolute Gasteiger partial charge is 0.140 e. The van der Waals surface area contributed by atoms with Crippen LogP contribution in [-0.2, 0) is 5.41 Å². The lowest BCUT2D eigenvalue weighted by atomic mass is 9.87. The number of hydrogen-bond donors (Lipinski definition) is 0. The molecule has 0 aliphatic heterocycles. The highest BCUT2D eigenvalue weighted by Gasteiger charge is 2.21. The van der Waals surface area contributed by atoms with Gasteiger partial charge in [-0.05, 0) is 16.2 Å². The van der Waals surface area contributed by atoms with Gasteiger partial charge in [-0.2, -0.15) is 0 Å². The quantitative estimate of drug-likeness (QED) is 0.515. The summed E-state index contributed by atoms with van der Waals surface area (Å²) < 4.78 is 0. The summed E-state index contributed by atoms with van der Waals surface area (Å²) in [5, 5.41) is 1.11. The molecule has 0 unspecified atom stereocenters. The van der Waals surface area contributed by atoms with Gasteiger partial charge >= 0.3 is 7.42 Å². The largest absolute Gasteiger partial charge is 0.307 e. The van der Waals surface area contributed by atoms with Gasteiger partial charge in [0.15, 0.2) is 0 Å². The standard InChI is InChI=1S/C10H13Cl2Si/c1-10(2,3)8-6-4-5-7-9(8)13(11)12/h4-7H,1-3H3. The highest BCUT2D eigenvalue weighted by molar-refractivity contribution is 7.39. The van der Waals surface area contributed by atoms with E-state index in [4.69, 9.17) is 22.2 Å². The molecule has 1 rings (SSSR count). The van der Waals surface area contributed by atoms with Gasteiger partial charge < -0.3 is 0 Å². The lowest BCUT2D eigenvalue weighted by Gasteiger charge is -2.22. The molecule has 71 valence electrons. The van der Waals surface area contributed by atoms with Gasteiger partial charge in [-0.1, -0.05) is 45.0 Å². The van der Waals surface area contributed by atoms with E-state index in [1.54, 1.807) is 0 Å². The maximum absolute atomic E-state index is 5.98. The van der Waals surface area contributed by atoms with Crippen molar-refractivity contribution in [2.24, 2.45) is 0 Å². The van der Waals surface area contributed by atoms with Gasteiger partial charge in [0.2, 0.25) is 0 Å². The molecule has 0 aromatic heterocycles. The van der Waals surface area contributed by atoms with Crippen molar-refractivity contribution in [2.45, 2.75) is 26.2 Å². The predicted octanol–water partition coefficient (Wildman–Crippen LogP) is 3.16. The lowest BCUT2D eigenvalue weighted by molar-refractivity contribution is 0.594. The predicted molar refractivity (Wildman–Crippen MR) is 62.2 cm³/mol. The summed E-state index contributed by atoms with van der Waals surface area (Å²) in [6, 6.07) is 8.14. The fourth-order valence-electron chi connectivity index (χ4n) is 1.30. The summed E-state index contributed by atoms with van der Waals surface area (Å²) >= 11 is 12.0. The van der Waals surface area contributed by atoms with Crippen molar-refractivity contribution in [3.63, 3.8) is 0 Å². The Balaban J connectivity index is 3.20. The van der Waals surface area contributed by atoms with Gasteiger partial charge in [0.1, 0.15) is 0 Å². The van der Waals surface area contributed by atoms with E-state index in [1.807, 2.05) is 18.2 Å². The second kappa shape index (κ2) is 4.03. The van der Waals surface area contributed by atoms with Crippen LogP contribution in [0.4, 0.5) is 0 Å². The number of rotatable bonds is 1. The van der Waals surface area contributed by atoms with Crippen LogP contribution in [0.2, 0.25) is 0 Å². The summed E-state index contributed by atoms with van der Waals surface area (Å²) in [5.41, 5.74) is 1.38. The summed E-state index contributed by atoms with van der Waals surface area (Å²) in [4.78, 5) is 0. The first-order valence-corrected chi connectivity index (χ1v) is 7.73. The summed E-state index contributed by atoms with van der Waals surface area (Å²) in [6.07, 6.45) is 0. The van der Waals surface area contributed by atoms with E-state index in [-0.39, 0.29) is 5.41 Å². The minimum atomic E-state index is -1.38. The van der Waals surface area contributed by atoms with Crippen molar-refractivity contribution in [1.82, 2.24) is 0 Å². The molecule has 0 aliphatic carbocycles. The highest BCUT2D eigenvalue weighted by atomic mass is 35.7. The Morgan fingerprint density at radius 3 is 2.00 bits per heavy atom. The number of hydrogen-bond acceptors (Lipinski definition) is 0. The molecule has 1 radical (unpaired) electrons. The van der Waals surface area contributed by atoms with E-state index in [0.717, 1.165) is 5.19 Å². The Labute approximate surface area is 90.9 Å². The van der Waals surface area contributed by atoms with Gasteiger partial charge in [-0.15, -0.1) is 22.2 Å². The van der Waals surface area contributed by atoms with Crippen LogP contribution in [-0.4, -0.2) is 7.42 Å². The molecule has 3 heteroatoms. The second-order valence-electron chi connectivity index (χ2n) is 4.06.